The van der Waals surface area contributed by atoms with E-state index < -0.39 is 29.8 Å². The molecule has 1 amide bonds. The maximum atomic E-state index is 13.0. The van der Waals surface area contributed by atoms with E-state index in [9.17, 15) is 19.5 Å². The molecular formula is C98H194N2O42. The van der Waals surface area contributed by atoms with Crippen molar-refractivity contribution in [1.29, 1.82) is 0 Å². The van der Waals surface area contributed by atoms with E-state index in [-0.39, 0.29) is 31.8 Å². The normalized spacial score (nSPS) is 12.3. The summed E-state index contributed by atoms with van der Waals surface area (Å²) >= 11 is 0. The number of rotatable bonds is 129. The predicted molar refractivity (Wildman–Crippen MR) is 524 cm³/mol. The average molecular weight is 2070 g/mol. The molecule has 44 heteroatoms. The highest BCUT2D eigenvalue weighted by molar-refractivity contribution is 5.79. The van der Waals surface area contributed by atoms with Crippen LogP contribution in [0.5, 0.6) is 0 Å². The first-order chi connectivity index (χ1) is 70.0. The molecule has 0 fully saturated rings. The highest BCUT2D eigenvalue weighted by Crippen LogP contribution is 2.15. The molecule has 0 spiro atoms. The summed E-state index contributed by atoms with van der Waals surface area (Å²) in [5.74, 6) is -1.57. The number of amides is 1. The molecule has 0 aromatic rings. The van der Waals surface area contributed by atoms with Crippen molar-refractivity contribution in [2.75, 3.05) is 482 Å². The van der Waals surface area contributed by atoms with Crippen LogP contribution in [0.25, 0.3) is 0 Å². The zero-order valence-electron chi connectivity index (χ0n) is 87.6. The lowest BCUT2D eigenvalue weighted by Crippen LogP contribution is -2.46. The molecule has 0 radical (unpaired) electrons. The predicted octanol–water partition coefficient (Wildman–Crippen LogP) is 5.27. The Morgan fingerprint density at radius 3 is 0.528 bits per heavy atom. The molecule has 2 atom stereocenters. The lowest BCUT2D eigenvalue weighted by atomic mass is 10.0. The van der Waals surface area contributed by atoms with Crippen LogP contribution in [0.2, 0.25) is 0 Å². The number of esters is 1. The van der Waals surface area contributed by atoms with Gasteiger partial charge in [-0.3, -0.25) is 19.7 Å². The fourth-order valence-electron chi connectivity index (χ4n) is 11.5. The smallest absolute Gasteiger partial charge is 0.323 e. The first kappa shape index (κ1) is 139. The molecule has 0 bridgehead atoms. The maximum absolute atomic E-state index is 13.0. The van der Waals surface area contributed by atoms with Gasteiger partial charge in [0.2, 0.25) is 5.91 Å². The molecule has 0 saturated heterocycles. The van der Waals surface area contributed by atoms with Crippen molar-refractivity contribution in [1.82, 2.24) is 10.6 Å². The molecule has 848 valence electrons. The van der Waals surface area contributed by atoms with Gasteiger partial charge in [-0.15, -0.1) is 0 Å². The third kappa shape index (κ3) is 126. The Bertz CT molecular complexity index is 2370. The second-order valence-corrected chi connectivity index (χ2v) is 32.2. The summed E-state index contributed by atoms with van der Waals surface area (Å²) < 4.78 is 204. The van der Waals surface area contributed by atoms with Gasteiger partial charge < -0.3 is 191 Å². The highest BCUT2D eigenvalue weighted by Gasteiger charge is 2.28. The summed E-state index contributed by atoms with van der Waals surface area (Å²) in [5, 5.41) is 25.1. The van der Waals surface area contributed by atoms with Gasteiger partial charge in [-0.05, 0) is 40.0 Å². The topological polar surface area (TPSA) is 457 Å². The number of ether oxygens (including phenoxy) is 37. The molecule has 0 aliphatic rings. The first-order valence-electron chi connectivity index (χ1n) is 52.0. The van der Waals surface area contributed by atoms with Crippen molar-refractivity contribution in [2.45, 2.75) is 142 Å². The second-order valence-electron chi connectivity index (χ2n) is 32.2. The van der Waals surface area contributed by atoms with Crippen LogP contribution in [0.4, 0.5) is 0 Å². The van der Waals surface area contributed by atoms with E-state index in [0.717, 1.165) is 19.3 Å². The van der Waals surface area contributed by atoms with E-state index in [2.05, 4.69) is 17.6 Å². The maximum Gasteiger partial charge on any atom is 0.323 e. The van der Waals surface area contributed by atoms with Crippen molar-refractivity contribution in [3.05, 3.63) is 0 Å². The Hall–Kier alpha value is -3.11. The average Bonchev–Trinajstić information content (AvgIpc) is 0.886. The molecule has 0 aliphatic carbocycles. The second kappa shape index (κ2) is 123. The summed E-state index contributed by atoms with van der Waals surface area (Å²) in [6.45, 7) is 40.6. The SMILES string of the molecule is CCCCCCCCCCCCCC(O)N[C@@H](CCC(=O)NCCOCCOCCOCCOCCOCCOCCOCCOCCOCCOCCOCCOCCOCCOCCOCCOCCOCCOCCOCCOCCOCCOCCOCCOCCOCCOCCOCCOCCOCCOCCOCCOCCOCCOCCOCCOCCC(=O)O)C(=O)OC(C)(C)C. The number of carbonyl (C=O) groups excluding carboxylic acids is 2. The van der Waals surface area contributed by atoms with E-state index in [0.29, 0.717) is 482 Å². The molecule has 1 unspecified atom stereocenters. The van der Waals surface area contributed by atoms with E-state index in [1.807, 2.05) is 0 Å². The zero-order chi connectivity index (χ0) is 102. The largest absolute Gasteiger partial charge is 0.481 e. The molecule has 4 N–H and O–H groups in total. The van der Waals surface area contributed by atoms with Crippen molar-refractivity contribution in [3.8, 4) is 0 Å². The standard InChI is InChI=1S/C98H194N2O42/c1-5-6-7-8-9-10-11-12-13-14-15-16-95(102)100-93(97(105)142-98(2,3)4)17-18-94(101)99-20-22-107-24-26-109-28-30-111-32-34-113-36-38-115-40-42-117-44-46-119-48-50-121-52-54-123-56-58-125-60-62-127-64-66-129-68-70-131-72-74-133-76-78-135-80-82-137-84-86-139-88-90-141-92-91-140-89-87-138-85-83-136-81-79-134-77-75-132-73-71-130-69-67-128-65-63-126-61-59-124-57-55-122-53-51-120-49-47-118-45-43-116-41-39-114-37-35-112-33-31-110-29-27-108-25-23-106-21-19-96(103)104/h93,95,100,102H,5-92H2,1-4H3,(H,99,101)(H,103,104)/t93-,95?/m0/s1. The van der Waals surface area contributed by atoms with Gasteiger partial charge in [-0.2, -0.15) is 0 Å². The van der Waals surface area contributed by atoms with E-state index in [1.54, 1.807) is 20.8 Å². The molecular weight excluding hydrogens is 1880 g/mol. The van der Waals surface area contributed by atoms with Crippen molar-refractivity contribution in [2.24, 2.45) is 0 Å². The van der Waals surface area contributed by atoms with Crippen LogP contribution in [0.1, 0.15) is 124 Å². The number of carbonyl (C=O) groups is 3. The van der Waals surface area contributed by atoms with E-state index in [4.69, 9.17) is 180 Å². The molecule has 0 saturated carbocycles. The third-order valence-corrected chi connectivity index (χ3v) is 18.9. The molecule has 0 rings (SSSR count). The molecule has 0 aliphatic heterocycles. The molecule has 0 heterocycles. The summed E-state index contributed by atoms with van der Waals surface area (Å²) in [7, 11) is 0. The summed E-state index contributed by atoms with van der Waals surface area (Å²) in [6.07, 6.45) is 13.4. The fourth-order valence-corrected chi connectivity index (χ4v) is 11.5. The third-order valence-electron chi connectivity index (χ3n) is 18.9. The molecule has 44 nitrogen and oxygen atoms in total. The van der Waals surface area contributed by atoms with Crippen molar-refractivity contribution < 1.29 is 200 Å². The molecule has 0 aromatic heterocycles. The van der Waals surface area contributed by atoms with Gasteiger partial charge in [-0.25, -0.2) is 0 Å². The number of aliphatic hydroxyl groups is 1. The van der Waals surface area contributed by atoms with Gasteiger partial charge in [0.05, 0.1) is 482 Å². The number of carboxylic acid groups (broad SMARTS) is 1. The van der Waals surface area contributed by atoms with Gasteiger partial charge in [0.1, 0.15) is 17.9 Å². The summed E-state index contributed by atoms with van der Waals surface area (Å²) in [4.78, 5) is 36.0. The summed E-state index contributed by atoms with van der Waals surface area (Å²) in [5.41, 5.74) is -0.689. The monoisotopic (exact) mass is 2070 g/mol. The Morgan fingerprint density at radius 1 is 0.211 bits per heavy atom. The van der Waals surface area contributed by atoms with Crippen LogP contribution in [0, 0.1) is 0 Å². The highest BCUT2D eigenvalue weighted by atomic mass is 16.6. The Kier molecular flexibility index (Phi) is 120. The lowest BCUT2D eigenvalue weighted by Gasteiger charge is -2.26. The molecule has 142 heavy (non-hydrogen) atoms. The van der Waals surface area contributed by atoms with E-state index >= 15 is 0 Å². The number of nitrogens with one attached hydrogen (secondary N) is 2. The Balaban J connectivity index is 3.22. The Morgan fingerprint density at radius 2 is 0.366 bits per heavy atom. The fraction of sp³-hybridized carbons (Fsp3) is 0.969. The van der Waals surface area contributed by atoms with Crippen molar-refractivity contribution >= 4 is 17.8 Å². The quantitative estimate of drug-likeness (QED) is 0.0342. The van der Waals surface area contributed by atoms with Gasteiger partial charge in [0.25, 0.3) is 0 Å². The van der Waals surface area contributed by atoms with Gasteiger partial charge in [0.15, 0.2) is 0 Å². The van der Waals surface area contributed by atoms with Crippen LogP contribution in [-0.4, -0.2) is 528 Å². The minimum Gasteiger partial charge on any atom is -0.481 e. The number of hydrogen-bond acceptors (Lipinski definition) is 42. The van der Waals surface area contributed by atoms with Crippen LogP contribution in [0.3, 0.4) is 0 Å². The van der Waals surface area contributed by atoms with Gasteiger partial charge in [-0.1, -0.05) is 71.1 Å². The lowest BCUT2D eigenvalue weighted by molar-refractivity contribution is -0.159. The number of unbranched alkanes of at least 4 members (excludes halogenated alkanes) is 10. The van der Waals surface area contributed by atoms with Crippen LogP contribution >= 0.6 is 0 Å². The Labute approximate surface area is 849 Å². The van der Waals surface area contributed by atoms with Gasteiger partial charge >= 0.3 is 11.9 Å². The number of hydrogen-bond donors (Lipinski definition) is 4. The van der Waals surface area contributed by atoms with Gasteiger partial charge in [0, 0.05) is 13.0 Å². The van der Waals surface area contributed by atoms with Crippen molar-refractivity contribution in [3.63, 3.8) is 0 Å². The summed E-state index contributed by atoms with van der Waals surface area (Å²) in [6, 6.07) is -0.797. The van der Waals surface area contributed by atoms with Crippen LogP contribution < -0.4 is 10.6 Å². The minimum atomic E-state index is -0.883. The zero-order valence-corrected chi connectivity index (χ0v) is 87.6. The van der Waals surface area contributed by atoms with E-state index in [1.165, 1.54) is 51.4 Å². The van der Waals surface area contributed by atoms with Crippen LogP contribution in [0.15, 0.2) is 0 Å². The number of carboxylic acids is 1. The minimum absolute atomic E-state index is 0.0138. The first-order valence-corrected chi connectivity index (χ1v) is 52.0. The number of aliphatic hydroxyl groups excluding tert-OH is 1. The van der Waals surface area contributed by atoms with Crippen LogP contribution in [-0.2, 0) is 190 Å². The number of aliphatic carboxylic acids is 1. The molecule has 0 aromatic carbocycles.